The summed E-state index contributed by atoms with van der Waals surface area (Å²) in [5.74, 6) is 2.18. The quantitative estimate of drug-likeness (QED) is 0.522. The van der Waals surface area contributed by atoms with Gasteiger partial charge in [-0.15, -0.1) is 10.2 Å². The molecule has 0 spiro atoms. The summed E-state index contributed by atoms with van der Waals surface area (Å²) in [5, 5.41) is 13.2. The summed E-state index contributed by atoms with van der Waals surface area (Å²) < 4.78 is 7.47. The Morgan fingerprint density at radius 2 is 1.68 bits per heavy atom. The van der Waals surface area contributed by atoms with Gasteiger partial charge in [-0.25, -0.2) is 0 Å². The third-order valence-corrected chi connectivity index (χ3v) is 8.03. The van der Waals surface area contributed by atoms with Crippen LogP contribution in [0.15, 0.2) is 29.4 Å². The Labute approximate surface area is 208 Å². The Hall–Kier alpha value is -2.06. The summed E-state index contributed by atoms with van der Waals surface area (Å²) in [7, 11) is 1.67. The minimum absolute atomic E-state index is 0.0884. The van der Waals surface area contributed by atoms with Crippen molar-refractivity contribution in [1.29, 1.82) is 0 Å². The molecule has 1 aliphatic carbocycles. The number of nitrogens with zero attached hydrogens (tertiary/aromatic N) is 4. The number of nitrogens with one attached hydrogen (secondary N) is 1. The van der Waals surface area contributed by atoms with Crippen LogP contribution in [0.1, 0.15) is 83.0 Å². The van der Waals surface area contributed by atoms with Crippen LogP contribution in [0.4, 0.5) is 0 Å². The second kappa shape index (κ2) is 12.6. The van der Waals surface area contributed by atoms with Gasteiger partial charge in [0.15, 0.2) is 11.0 Å². The summed E-state index contributed by atoms with van der Waals surface area (Å²) >= 11 is 1.47. The monoisotopic (exact) mass is 485 g/mol. The van der Waals surface area contributed by atoms with E-state index in [4.69, 9.17) is 4.74 Å². The van der Waals surface area contributed by atoms with Crippen LogP contribution < -0.4 is 10.1 Å². The number of aromatic nitrogens is 3. The predicted octanol–water partition coefficient (Wildman–Crippen LogP) is 5.14. The molecule has 2 fully saturated rings. The average Bonchev–Trinajstić information content (AvgIpc) is 3.28. The van der Waals surface area contributed by atoms with Crippen molar-refractivity contribution in [3.63, 3.8) is 0 Å². The van der Waals surface area contributed by atoms with Gasteiger partial charge in [-0.3, -0.25) is 14.3 Å². The van der Waals surface area contributed by atoms with Crippen LogP contribution in [0, 0.1) is 0 Å². The highest BCUT2D eigenvalue weighted by molar-refractivity contribution is 7.99. The number of piperidine rings is 1. The fraction of sp³-hybridized carbons (Fsp3) is 0.654. The summed E-state index contributed by atoms with van der Waals surface area (Å²) in [6, 6.07) is 8.46. The van der Waals surface area contributed by atoms with Crippen LogP contribution in [0.2, 0.25) is 0 Å². The lowest BCUT2D eigenvalue weighted by atomic mass is 9.97. The van der Waals surface area contributed by atoms with E-state index >= 15 is 0 Å². The van der Waals surface area contributed by atoms with Crippen molar-refractivity contribution in [2.24, 2.45) is 0 Å². The van der Waals surface area contributed by atoms with Gasteiger partial charge in [0.1, 0.15) is 5.75 Å². The number of hydrogen-bond donors (Lipinski definition) is 1. The molecule has 0 bridgehead atoms. The molecular weight excluding hydrogens is 446 g/mol. The van der Waals surface area contributed by atoms with Crippen LogP contribution >= 0.6 is 11.8 Å². The number of carbonyl (C=O) groups excluding carboxylic acids is 1. The van der Waals surface area contributed by atoms with E-state index in [-0.39, 0.29) is 11.9 Å². The minimum atomic E-state index is 0.0884. The Morgan fingerprint density at radius 3 is 2.35 bits per heavy atom. The maximum absolute atomic E-state index is 12.8. The van der Waals surface area contributed by atoms with Crippen LogP contribution in [-0.2, 0) is 4.79 Å². The number of amides is 1. The van der Waals surface area contributed by atoms with Gasteiger partial charge in [0.2, 0.25) is 5.91 Å². The molecule has 2 aliphatic rings. The molecule has 7 nitrogen and oxygen atoms in total. The van der Waals surface area contributed by atoms with Gasteiger partial charge in [-0.2, -0.15) is 0 Å². The minimum Gasteiger partial charge on any atom is -0.497 e. The Bertz CT molecular complexity index is 902. The van der Waals surface area contributed by atoms with Gasteiger partial charge in [0.05, 0.1) is 18.9 Å². The molecule has 1 atom stereocenters. The summed E-state index contributed by atoms with van der Waals surface area (Å²) in [4.78, 5) is 15.3. The highest BCUT2D eigenvalue weighted by atomic mass is 32.2. The van der Waals surface area contributed by atoms with E-state index in [0.717, 1.165) is 48.3 Å². The molecule has 1 aromatic heterocycles. The first-order valence-electron chi connectivity index (χ1n) is 12.9. The molecule has 4 rings (SSSR count). The fourth-order valence-corrected chi connectivity index (χ4v) is 5.86. The number of thioether (sulfide) groups is 1. The summed E-state index contributed by atoms with van der Waals surface area (Å²) in [5.41, 5.74) is 0.993. The number of benzene rings is 1. The van der Waals surface area contributed by atoms with Gasteiger partial charge < -0.3 is 10.1 Å². The molecule has 1 amide bonds. The van der Waals surface area contributed by atoms with Crippen LogP contribution in [0.25, 0.3) is 5.69 Å². The highest BCUT2D eigenvalue weighted by Gasteiger charge is 2.26. The van der Waals surface area contributed by atoms with Crippen molar-refractivity contribution in [2.75, 3.05) is 26.0 Å². The smallest absolute Gasteiger partial charge is 0.230 e. The van der Waals surface area contributed by atoms with Crippen molar-refractivity contribution in [2.45, 2.75) is 88.4 Å². The van der Waals surface area contributed by atoms with E-state index in [1.165, 1.54) is 63.1 Å². The van der Waals surface area contributed by atoms with Crippen molar-refractivity contribution in [3.8, 4) is 11.4 Å². The molecule has 1 N–H and O–H groups in total. The molecule has 1 aromatic carbocycles. The topological polar surface area (TPSA) is 72.3 Å². The van der Waals surface area contributed by atoms with Crippen LogP contribution in [-0.4, -0.2) is 57.6 Å². The molecule has 2 aromatic rings. The zero-order chi connectivity index (χ0) is 23.8. The second-order valence-corrected chi connectivity index (χ2v) is 10.5. The highest BCUT2D eigenvalue weighted by Crippen LogP contribution is 2.30. The zero-order valence-corrected chi connectivity index (χ0v) is 21.5. The van der Waals surface area contributed by atoms with Gasteiger partial charge in [-0.05, 0) is 70.0 Å². The summed E-state index contributed by atoms with van der Waals surface area (Å²) in [6.07, 6.45) is 12.2. The third kappa shape index (κ3) is 6.54. The van der Waals surface area contributed by atoms with Gasteiger partial charge >= 0.3 is 0 Å². The number of likely N-dealkylation sites (tertiary alicyclic amines) is 1. The molecule has 1 aliphatic heterocycles. The Morgan fingerprint density at radius 1 is 1.03 bits per heavy atom. The number of carbonyl (C=O) groups is 1. The molecule has 34 heavy (non-hydrogen) atoms. The maximum atomic E-state index is 12.8. The lowest BCUT2D eigenvalue weighted by Crippen LogP contribution is -2.36. The van der Waals surface area contributed by atoms with E-state index in [1.54, 1.807) is 7.11 Å². The van der Waals surface area contributed by atoms with Crippen molar-refractivity contribution < 1.29 is 9.53 Å². The normalized spacial score (nSPS) is 19.2. The average molecular weight is 486 g/mol. The van der Waals surface area contributed by atoms with Gasteiger partial charge in [-0.1, -0.05) is 50.3 Å². The summed E-state index contributed by atoms with van der Waals surface area (Å²) in [6.45, 7) is 4.39. The molecule has 8 heteroatoms. The molecule has 2 heterocycles. The van der Waals surface area contributed by atoms with Crippen molar-refractivity contribution >= 4 is 17.7 Å². The van der Waals surface area contributed by atoms with E-state index < -0.39 is 0 Å². The molecule has 1 saturated carbocycles. The van der Waals surface area contributed by atoms with E-state index in [2.05, 4.69) is 31.9 Å². The van der Waals surface area contributed by atoms with E-state index in [9.17, 15) is 4.79 Å². The van der Waals surface area contributed by atoms with Crippen molar-refractivity contribution in [3.05, 3.63) is 30.1 Å². The molecular formula is C26H39N5O2S. The van der Waals surface area contributed by atoms with E-state index in [0.29, 0.717) is 11.8 Å². The van der Waals surface area contributed by atoms with E-state index in [1.807, 2.05) is 24.3 Å². The molecule has 186 valence electrons. The predicted molar refractivity (Wildman–Crippen MR) is 137 cm³/mol. The Kier molecular flexibility index (Phi) is 9.27. The Balaban J connectivity index is 1.49. The number of methoxy groups -OCH3 is 1. The molecule has 0 radical (unpaired) electrons. The number of hydrogen-bond acceptors (Lipinski definition) is 6. The van der Waals surface area contributed by atoms with Gasteiger partial charge in [0.25, 0.3) is 0 Å². The van der Waals surface area contributed by atoms with Crippen LogP contribution in [0.3, 0.4) is 0 Å². The van der Waals surface area contributed by atoms with Crippen LogP contribution in [0.5, 0.6) is 5.75 Å². The maximum Gasteiger partial charge on any atom is 0.230 e. The first kappa shape index (κ1) is 25.0. The lowest BCUT2D eigenvalue weighted by molar-refractivity contribution is -0.119. The standard InChI is InChI=1S/C26H39N5O2S/c1-20(30-17-9-6-10-18-30)25-28-29-26(31(25)22-13-15-23(33-2)16-14-22)34-19-24(32)27-21-11-7-4-3-5-8-12-21/h13-16,20-21H,3-12,17-19H2,1-2H3,(H,27,32)/t20-/m1/s1. The molecule has 0 unspecified atom stereocenters. The third-order valence-electron chi connectivity index (χ3n) is 7.10. The fourth-order valence-electron chi connectivity index (χ4n) is 5.09. The SMILES string of the molecule is COc1ccc(-n2c(SCC(=O)NC3CCCCCCC3)nnc2[C@@H](C)N2CCCCC2)cc1. The lowest BCUT2D eigenvalue weighted by Gasteiger charge is -2.31. The number of ether oxygens (including phenoxy) is 1. The van der Waals surface area contributed by atoms with Crippen molar-refractivity contribution in [1.82, 2.24) is 25.0 Å². The number of rotatable bonds is 8. The first-order chi connectivity index (χ1) is 16.7. The second-order valence-electron chi connectivity index (χ2n) is 9.55. The zero-order valence-electron chi connectivity index (χ0n) is 20.7. The van der Waals surface area contributed by atoms with Gasteiger partial charge in [0, 0.05) is 11.7 Å². The first-order valence-corrected chi connectivity index (χ1v) is 13.9. The molecule has 1 saturated heterocycles. The largest absolute Gasteiger partial charge is 0.497 e.